The molecule has 10 heavy (non-hydrogen) atoms. The first-order chi connectivity index (χ1) is 4.83. The number of terminal acetylenes is 1. The SMILES string of the molecule is C#CC1(NI)CCCCC1. The van der Waals surface area contributed by atoms with Gasteiger partial charge in [0.1, 0.15) is 0 Å². The summed E-state index contributed by atoms with van der Waals surface area (Å²) in [5.74, 6) is 2.85. The van der Waals surface area contributed by atoms with Gasteiger partial charge in [-0.3, -0.25) is 0 Å². The normalized spacial score (nSPS) is 23.6. The maximum absolute atomic E-state index is 5.43. The molecule has 1 fully saturated rings. The molecule has 0 heterocycles. The first kappa shape index (κ1) is 8.35. The second-order valence-electron chi connectivity index (χ2n) is 2.88. The second kappa shape index (κ2) is 3.59. The Bertz CT molecular complexity index is 142. The Morgan fingerprint density at radius 1 is 1.30 bits per heavy atom. The molecule has 2 heteroatoms. The van der Waals surface area contributed by atoms with Crippen molar-refractivity contribution in [2.75, 3.05) is 0 Å². The lowest BCUT2D eigenvalue weighted by atomic mass is 9.83. The van der Waals surface area contributed by atoms with E-state index in [1.165, 1.54) is 19.3 Å². The van der Waals surface area contributed by atoms with E-state index in [-0.39, 0.29) is 5.54 Å². The Morgan fingerprint density at radius 3 is 2.20 bits per heavy atom. The van der Waals surface area contributed by atoms with Crippen molar-refractivity contribution in [1.82, 2.24) is 3.53 Å². The van der Waals surface area contributed by atoms with E-state index in [2.05, 4.69) is 32.3 Å². The summed E-state index contributed by atoms with van der Waals surface area (Å²) in [5, 5.41) is 0. The van der Waals surface area contributed by atoms with Crippen molar-refractivity contribution >= 4 is 22.9 Å². The Morgan fingerprint density at radius 2 is 1.90 bits per heavy atom. The fraction of sp³-hybridized carbons (Fsp3) is 0.750. The van der Waals surface area contributed by atoms with E-state index < -0.39 is 0 Å². The van der Waals surface area contributed by atoms with Crippen LogP contribution in [0.15, 0.2) is 0 Å². The fourth-order valence-electron chi connectivity index (χ4n) is 1.42. The van der Waals surface area contributed by atoms with Crippen LogP contribution in [-0.2, 0) is 0 Å². The molecule has 0 saturated heterocycles. The van der Waals surface area contributed by atoms with Crippen molar-refractivity contribution < 1.29 is 0 Å². The maximum atomic E-state index is 5.43. The number of rotatable bonds is 1. The van der Waals surface area contributed by atoms with Crippen LogP contribution in [0.25, 0.3) is 0 Å². The minimum absolute atomic E-state index is 0.0266. The summed E-state index contributed by atoms with van der Waals surface area (Å²) >= 11 is 2.17. The molecule has 1 nitrogen and oxygen atoms in total. The smallest absolute Gasteiger partial charge is 0.0881 e. The third-order valence-electron chi connectivity index (χ3n) is 2.16. The number of hydrogen-bond donors (Lipinski definition) is 1. The average molecular weight is 249 g/mol. The summed E-state index contributed by atoms with van der Waals surface area (Å²) in [7, 11) is 0. The molecule has 1 rings (SSSR count). The van der Waals surface area contributed by atoms with Gasteiger partial charge >= 0.3 is 0 Å². The summed E-state index contributed by atoms with van der Waals surface area (Å²) in [6.07, 6.45) is 11.6. The molecule has 0 atom stereocenters. The van der Waals surface area contributed by atoms with Gasteiger partial charge in [0, 0.05) is 22.9 Å². The Hall–Kier alpha value is 0.250. The molecule has 56 valence electrons. The van der Waals surface area contributed by atoms with Gasteiger partial charge in [-0.25, -0.2) is 3.53 Å². The van der Waals surface area contributed by atoms with Crippen LogP contribution >= 0.6 is 22.9 Å². The molecule has 0 bridgehead atoms. The van der Waals surface area contributed by atoms with Gasteiger partial charge in [0.2, 0.25) is 0 Å². The number of nitrogens with one attached hydrogen (secondary N) is 1. The van der Waals surface area contributed by atoms with Crippen molar-refractivity contribution in [2.45, 2.75) is 37.6 Å². The summed E-state index contributed by atoms with van der Waals surface area (Å²) in [4.78, 5) is 0. The van der Waals surface area contributed by atoms with Crippen LogP contribution in [0.1, 0.15) is 32.1 Å². The minimum atomic E-state index is 0.0266. The number of hydrogen-bond acceptors (Lipinski definition) is 1. The average Bonchev–Trinajstić information content (AvgIpc) is 2.06. The predicted octanol–water partition coefficient (Wildman–Crippen LogP) is 2.26. The molecular weight excluding hydrogens is 237 g/mol. The van der Waals surface area contributed by atoms with Gasteiger partial charge in [-0.1, -0.05) is 25.2 Å². The topological polar surface area (TPSA) is 12.0 Å². The summed E-state index contributed by atoms with van der Waals surface area (Å²) in [6, 6.07) is 0. The molecule has 0 aliphatic heterocycles. The summed E-state index contributed by atoms with van der Waals surface area (Å²) < 4.78 is 3.20. The Kier molecular flexibility index (Phi) is 2.99. The van der Waals surface area contributed by atoms with Crippen LogP contribution in [0.4, 0.5) is 0 Å². The second-order valence-corrected chi connectivity index (χ2v) is 3.42. The lowest BCUT2D eigenvalue weighted by Crippen LogP contribution is -2.39. The monoisotopic (exact) mass is 249 g/mol. The zero-order valence-corrected chi connectivity index (χ0v) is 8.15. The lowest BCUT2D eigenvalue weighted by molar-refractivity contribution is 0.357. The highest BCUT2D eigenvalue weighted by molar-refractivity contribution is 14.1. The van der Waals surface area contributed by atoms with Crippen molar-refractivity contribution in [2.24, 2.45) is 0 Å². The molecule has 1 saturated carbocycles. The van der Waals surface area contributed by atoms with E-state index in [0.717, 1.165) is 12.8 Å². The minimum Gasteiger partial charge on any atom is -0.244 e. The van der Waals surface area contributed by atoms with Crippen LogP contribution in [0.5, 0.6) is 0 Å². The van der Waals surface area contributed by atoms with Crippen LogP contribution in [0, 0.1) is 12.3 Å². The van der Waals surface area contributed by atoms with Gasteiger partial charge < -0.3 is 0 Å². The highest BCUT2D eigenvalue weighted by Crippen LogP contribution is 2.28. The van der Waals surface area contributed by atoms with E-state index in [9.17, 15) is 0 Å². The molecule has 1 aliphatic rings. The van der Waals surface area contributed by atoms with E-state index in [1.807, 2.05) is 0 Å². The molecule has 0 aromatic carbocycles. The summed E-state index contributed by atoms with van der Waals surface area (Å²) in [5.41, 5.74) is 0.0266. The highest BCUT2D eigenvalue weighted by atomic mass is 127. The van der Waals surface area contributed by atoms with Gasteiger partial charge in [0.05, 0.1) is 5.54 Å². The zero-order chi connectivity index (χ0) is 7.45. The predicted molar refractivity (Wildman–Crippen MR) is 51.8 cm³/mol. The van der Waals surface area contributed by atoms with Crippen LogP contribution in [0.3, 0.4) is 0 Å². The first-order valence-electron chi connectivity index (χ1n) is 3.68. The van der Waals surface area contributed by atoms with Crippen LogP contribution in [-0.4, -0.2) is 5.54 Å². The molecule has 0 radical (unpaired) electrons. The van der Waals surface area contributed by atoms with E-state index in [0.29, 0.717) is 0 Å². The standard InChI is InChI=1S/C8H12IN/c1-2-8(10-9)6-4-3-5-7-8/h1,10H,3-7H2. The molecule has 0 amide bonds. The molecule has 1 N–H and O–H groups in total. The number of halogens is 1. The first-order valence-corrected chi connectivity index (χ1v) is 4.76. The quantitative estimate of drug-likeness (QED) is 0.427. The van der Waals surface area contributed by atoms with Crippen molar-refractivity contribution in [3.63, 3.8) is 0 Å². The third-order valence-corrected chi connectivity index (χ3v) is 3.20. The molecule has 0 aromatic rings. The van der Waals surface area contributed by atoms with Crippen molar-refractivity contribution in [3.05, 3.63) is 0 Å². The van der Waals surface area contributed by atoms with Crippen LogP contribution < -0.4 is 3.53 Å². The van der Waals surface area contributed by atoms with E-state index in [1.54, 1.807) is 0 Å². The Balaban J connectivity index is 2.55. The van der Waals surface area contributed by atoms with Gasteiger partial charge in [0.25, 0.3) is 0 Å². The Labute approximate surface area is 76.5 Å². The lowest BCUT2D eigenvalue weighted by Gasteiger charge is -2.30. The molecule has 1 aliphatic carbocycles. The largest absolute Gasteiger partial charge is 0.244 e. The van der Waals surface area contributed by atoms with Gasteiger partial charge in [0.15, 0.2) is 0 Å². The molecule has 0 unspecified atom stereocenters. The molecular formula is C8H12IN. The van der Waals surface area contributed by atoms with Gasteiger partial charge in [-0.05, 0) is 12.8 Å². The summed E-state index contributed by atoms with van der Waals surface area (Å²) in [6.45, 7) is 0. The molecule has 0 spiro atoms. The van der Waals surface area contributed by atoms with Gasteiger partial charge in [-0.2, -0.15) is 0 Å². The van der Waals surface area contributed by atoms with E-state index >= 15 is 0 Å². The van der Waals surface area contributed by atoms with E-state index in [4.69, 9.17) is 6.42 Å². The maximum Gasteiger partial charge on any atom is 0.0881 e. The van der Waals surface area contributed by atoms with Crippen LogP contribution in [0.2, 0.25) is 0 Å². The highest BCUT2D eigenvalue weighted by Gasteiger charge is 2.27. The van der Waals surface area contributed by atoms with Gasteiger partial charge in [-0.15, -0.1) is 6.42 Å². The zero-order valence-electron chi connectivity index (χ0n) is 5.99. The van der Waals surface area contributed by atoms with Crippen molar-refractivity contribution in [1.29, 1.82) is 0 Å². The fourth-order valence-corrected chi connectivity index (χ4v) is 2.12. The molecule has 0 aromatic heterocycles. The van der Waals surface area contributed by atoms with Crippen molar-refractivity contribution in [3.8, 4) is 12.3 Å². The third kappa shape index (κ3) is 1.64.